The van der Waals surface area contributed by atoms with Crippen LogP contribution < -0.4 is 21.7 Å². The van der Waals surface area contributed by atoms with Crippen molar-refractivity contribution in [3.63, 3.8) is 0 Å². The monoisotopic (exact) mass is 566 g/mol. The van der Waals surface area contributed by atoms with Crippen LogP contribution in [0.5, 0.6) is 0 Å². The molecular weight excluding hydrogens is 533 g/mol. The van der Waals surface area contributed by atoms with E-state index < -0.39 is 23.7 Å². The van der Waals surface area contributed by atoms with E-state index in [1.54, 1.807) is 54.6 Å². The van der Waals surface area contributed by atoms with Gasteiger partial charge in [-0.3, -0.25) is 9.59 Å². The quantitative estimate of drug-likeness (QED) is 0.201. The van der Waals surface area contributed by atoms with Gasteiger partial charge in [0.25, 0.3) is 0 Å². The number of hydrogen-bond acceptors (Lipinski definition) is 6. The van der Waals surface area contributed by atoms with E-state index in [9.17, 15) is 22.8 Å². The van der Waals surface area contributed by atoms with Gasteiger partial charge in [0.05, 0.1) is 16.9 Å². The summed E-state index contributed by atoms with van der Waals surface area (Å²) >= 11 is 0. The SMILES string of the molecule is Nc1ccccc1NC(=O)C=Cc1ccc(C(NCCN2CCCCC2)C(=O)Nc2ccc(C(F)(F)F)cn2)cc1. The molecule has 3 aromatic rings. The van der Waals surface area contributed by atoms with Crippen molar-refractivity contribution in [2.24, 2.45) is 0 Å². The van der Waals surface area contributed by atoms with Gasteiger partial charge in [-0.15, -0.1) is 0 Å². The molecule has 41 heavy (non-hydrogen) atoms. The summed E-state index contributed by atoms with van der Waals surface area (Å²) in [6.45, 7) is 3.34. The molecule has 5 N–H and O–H groups in total. The van der Waals surface area contributed by atoms with Crippen molar-refractivity contribution in [2.75, 3.05) is 42.5 Å². The zero-order valence-corrected chi connectivity index (χ0v) is 22.5. The molecule has 0 saturated carbocycles. The molecule has 4 rings (SSSR count). The predicted molar refractivity (Wildman–Crippen MR) is 154 cm³/mol. The van der Waals surface area contributed by atoms with Gasteiger partial charge in [-0.05, 0) is 67.4 Å². The second-order valence-electron chi connectivity index (χ2n) is 9.79. The van der Waals surface area contributed by atoms with Crippen molar-refractivity contribution < 1.29 is 22.8 Å². The number of piperidine rings is 1. The number of carbonyl (C=O) groups excluding carboxylic acids is 2. The Kier molecular flexibility index (Phi) is 10.1. The van der Waals surface area contributed by atoms with Crippen molar-refractivity contribution in [1.82, 2.24) is 15.2 Å². The summed E-state index contributed by atoms with van der Waals surface area (Å²) in [5.41, 5.74) is 7.35. The number of nitrogens with two attached hydrogens (primary N) is 1. The van der Waals surface area contributed by atoms with Crippen LogP contribution in [0.2, 0.25) is 0 Å². The molecule has 1 saturated heterocycles. The lowest BCUT2D eigenvalue weighted by atomic mass is 10.0. The third kappa shape index (κ3) is 8.89. The van der Waals surface area contributed by atoms with Gasteiger partial charge in [-0.2, -0.15) is 13.2 Å². The maximum Gasteiger partial charge on any atom is 0.417 e. The number of amides is 2. The molecule has 0 bridgehead atoms. The Labute approximate surface area is 236 Å². The number of para-hydroxylation sites is 2. The van der Waals surface area contributed by atoms with Crippen LogP contribution in [-0.4, -0.2) is 47.9 Å². The molecule has 0 spiro atoms. The number of aromatic nitrogens is 1. The average Bonchev–Trinajstić information content (AvgIpc) is 2.96. The lowest BCUT2D eigenvalue weighted by Gasteiger charge is -2.27. The van der Waals surface area contributed by atoms with Crippen LogP contribution >= 0.6 is 0 Å². The van der Waals surface area contributed by atoms with E-state index in [1.807, 2.05) is 0 Å². The van der Waals surface area contributed by atoms with Crippen molar-refractivity contribution in [2.45, 2.75) is 31.5 Å². The van der Waals surface area contributed by atoms with Crippen LogP contribution in [0.15, 0.2) is 72.9 Å². The van der Waals surface area contributed by atoms with Crippen LogP contribution in [0.25, 0.3) is 6.08 Å². The van der Waals surface area contributed by atoms with E-state index in [-0.39, 0.29) is 11.7 Å². The highest BCUT2D eigenvalue weighted by atomic mass is 19.4. The highest BCUT2D eigenvalue weighted by Crippen LogP contribution is 2.29. The molecule has 1 aliphatic rings. The van der Waals surface area contributed by atoms with Crippen molar-refractivity contribution in [3.05, 3.63) is 89.6 Å². The van der Waals surface area contributed by atoms with E-state index in [1.165, 1.54) is 12.5 Å². The Balaban J connectivity index is 1.43. The van der Waals surface area contributed by atoms with Crippen LogP contribution in [0.1, 0.15) is 42.0 Å². The third-order valence-electron chi connectivity index (χ3n) is 6.75. The number of likely N-dealkylation sites (tertiary alicyclic amines) is 1. The minimum Gasteiger partial charge on any atom is -0.397 e. The number of hydrogen-bond donors (Lipinski definition) is 4. The number of nitrogen functional groups attached to an aromatic ring is 1. The molecule has 216 valence electrons. The normalized spacial score (nSPS) is 15.0. The van der Waals surface area contributed by atoms with Crippen molar-refractivity contribution >= 4 is 35.1 Å². The zero-order chi connectivity index (χ0) is 29.2. The maximum atomic E-state index is 13.3. The highest BCUT2D eigenvalue weighted by molar-refractivity contribution is 6.03. The van der Waals surface area contributed by atoms with E-state index in [0.717, 1.165) is 50.2 Å². The first-order valence-electron chi connectivity index (χ1n) is 13.4. The summed E-state index contributed by atoms with van der Waals surface area (Å²) in [5.74, 6) is -0.762. The molecule has 0 radical (unpaired) electrons. The molecule has 2 amide bonds. The molecule has 1 aromatic heterocycles. The molecule has 0 aliphatic carbocycles. The highest BCUT2D eigenvalue weighted by Gasteiger charge is 2.31. The summed E-state index contributed by atoms with van der Waals surface area (Å²) in [4.78, 5) is 31.7. The Morgan fingerprint density at radius 3 is 2.37 bits per heavy atom. The van der Waals surface area contributed by atoms with Gasteiger partial charge in [-0.1, -0.05) is 42.8 Å². The Morgan fingerprint density at radius 2 is 1.71 bits per heavy atom. The first-order chi connectivity index (χ1) is 19.7. The summed E-state index contributed by atoms with van der Waals surface area (Å²) in [7, 11) is 0. The van der Waals surface area contributed by atoms with Gasteiger partial charge in [0.2, 0.25) is 11.8 Å². The lowest BCUT2D eigenvalue weighted by Crippen LogP contribution is -2.40. The average molecular weight is 567 g/mol. The van der Waals surface area contributed by atoms with Crippen molar-refractivity contribution in [3.8, 4) is 0 Å². The second-order valence-corrected chi connectivity index (χ2v) is 9.79. The number of rotatable bonds is 10. The fraction of sp³-hybridized carbons (Fsp3) is 0.300. The van der Waals surface area contributed by atoms with Crippen LogP contribution in [0.4, 0.5) is 30.4 Å². The predicted octanol–water partition coefficient (Wildman–Crippen LogP) is 5.09. The number of carbonyl (C=O) groups is 2. The van der Waals surface area contributed by atoms with Crippen LogP contribution in [0, 0.1) is 0 Å². The fourth-order valence-corrected chi connectivity index (χ4v) is 4.50. The lowest BCUT2D eigenvalue weighted by molar-refractivity contribution is -0.137. The molecule has 11 heteroatoms. The molecule has 8 nitrogen and oxygen atoms in total. The topological polar surface area (TPSA) is 112 Å². The summed E-state index contributed by atoms with van der Waals surface area (Å²) in [6.07, 6.45) is 2.72. The first kappa shape index (κ1) is 29.8. The number of anilines is 3. The number of alkyl halides is 3. The Morgan fingerprint density at radius 1 is 0.976 bits per heavy atom. The largest absolute Gasteiger partial charge is 0.417 e. The van der Waals surface area contributed by atoms with Gasteiger partial charge in [-0.25, -0.2) is 4.98 Å². The minimum atomic E-state index is -4.51. The van der Waals surface area contributed by atoms with E-state index in [2.05, 4.69) is 25.8 Å². The number of nitrogens with one attached hydrogen (secondary N) is 3. The molecule has 2 aromatic carbocycles. The fourth-order valence-electron chi connectivity index (χ4n) is 4.50. The molecule has 1 aliphatic heterocycles. The van der Waals surface area contributed by atoms with E-state index >= 15 is 0 Å². The second kappa shape index (κ2) is 13.9. The Hall–Kier alpha value is -4.22. The van der Waals surface area contributed by atoms with Gasteiger partial charge >= 0.3 is 6.18 Å². The van der Waals surface area contributed by atoms with Crippen LogP contribution in [-0.2, 0) is 15.8 Å². The summed E-state index contributed by atoms with van der Waals surface area (Å²) in [6, 6.07) is 15.3. The standard InChI is InChI=1S/C30H33F3N6O2/c31-30(32,33)23-13-14-26(36-20-23)38-29(41)28(35-16-19-39-17-4-1-5-18-39)22-11-8-21(9-12-22)10-15-27(40)37-25-7-3-2-6-24(25)34/h2-3,6-15,20,28,35H,1,4-5,16-19,34H2,(H,37,40)(H,36,38,41). The number of nitrogens with zero attached hydrogens (tertiary/aromatic N) is 2. The van der Waals surface area contributed by atoms with Gasteiger partial charge in [0.15, 0.2) is 0 Å². The molecular formula is C30H33F3N6O2. The molecule has 1 fully saturated rings. The molecule has 1 unspecified atom stereocenters. The first-order valence-corrected chi connectivity index (χ1v) is 13.4. The summed E-state index contributed by atoms with van der Waals surface area (Å²) < 4.78 is 38.7. The van der Waals surface area contributed by atoms with Crippen molar-refractivity contribution in [1.29, 1.82) is 0 Å². The third-order valence-corrected chi connectivity index (χ3v) is 6.75. The van der Waals surface area contributed by atoms with Gasteiger partial charge < -0.3 is 26.6 Å². The van der Waals surface area contributed by atoms with E-state index in [0.29, 0.717) is 29.7 Å². The van der Waals surface area contributed by atoms with Gasteiger partial charge in [0.1, 0.15) is 11.9 Å². The Bertz CT molecular complexity index is 1340. The maximum absolute atomic E-state index is 13.3. The van der Waals surface area contributed by atoms with Gasteiger partial charge in [0, 0.05) is 25.4 Å². The molecule has 1 atom stereocenters. The minimum absolute atomic E-state index is 0.0236. The molecule has 2 heterocycles. The number of benzene rings is 2. The smallest absolute Gasteiger partial charge is 0.397 e. The number of halogens is 3. The summed E-state index contributed by atoms with van der Waals surface area (Å²) in [5, 5.41) is 8.63. The number of pyridine rings is 1. The van der Waals surface area contributed by atoms with Crippen LogP contribution in [0.3, 0.4) is 0 Å². The van der Waals surface area contributed by atoms with E-state index in [4.69, 9.17) is 5.73 Å². The zero-order valence-electron chi connectivity index (χ0n) is 22.5.